The normalized spacial score (nSPS) is 24.1. The monoisotopic (exact) mass is 1890 g/mol. The molecular formula is C92H130N24O18S. The van der Waals surface area contributed by atoms with Crippen LogP contribution in [0.2, 0.25) is 0 Å². The Morgan fingerprint density at radius 2 is 1.10 bits per heavy atom. The summed E-state index contributed by atoms with van der Waals surface area (Å²) < 4.78 is 0. The van der Waals surface area contributed by atoms with Gasteiger partial charge in [0.05, 0.1) is 31.7 Å². The number of aliphatic hydroxyl groups is 1. The summed E-state index contributed by atoms with van der Waals surface area (Å²) in [5, 5.41) is 52.9. The summed E-state index contributed by atoms with van der Waals surface area (Å²) >= 11 is 0.797. The second-order valence-electron chi connectivity index (χ2n) is 35.1. The molecule has 13 atom stereocenters. The highest BCUT2D eigenvalue weighted by molar-refractivity contribution is 8.00. The quantitative estimate of drug-likeness (QED) is 0.0173. The molecule has 5 heterocycles. The summed E-state index contributed by atoms with van der Waals surface area (Å²) in [7, 11) is 3.99. The van der Waals surface area contributed by atoms with Crippen molar-refractivity contribution < 1.29 is 86.6 Å². The second-order valence-corrected chi connectivity index (χ2v) is 36.2. The first kappa shape index (κ1) is 105. The number of fused-ring (bicyclic) bond motifs is 3. The van der Waals surface area contributed by atoms with Crippen molar-refractivity contribution >= 4 is 140 Å². The first-order valence-electron chi connectivity index (χ1n) is 45.8. The van der Waals surface area contributed by atoms with Gasteiger partial charge in [-0.3, -0.25) is 86.9 Å². The van der Waals surface area contributed by atoms with Crippen molar-refractivity contribution in [1.82, 2.24) is 103 Å². The smallest absolute Gasteiger partial charge is 0.246 e. The minimum Gasteiger partial charge on any atom is -0.394 e. The highest BCUT2D eigenvalue weighted by Gasteiger charge is 2.48. The maximum absolute atomic E-state index is 15.8. The number of amides is 17. The summed E-state index contributed by atoms with van der Waals surface area (Å²) in [4.78, 5) is 269. The summed E-state index contributed by atoms with van der Waals surface area (Å²) in [6, 6.07) is 2.96. The molecule has 1 spiro atoms. The van der Waals surface area contributed by atoms with Crippen LogP contribution in [0.25, 0.3) is 21.8 Å². The Morgan fingerprint density at radius 1 is 0.548 bits per heavy atom. The van der Waals surface area contributed by atoms with E-state index in [9.17, 15) is 48.3 Å². The van der Waals surface area contributed by atoms with Gasteiger partial charge in [0, 0.05) is 112 Å². The van der Waals surface area contributed by atoms with E-state index in [-0.39, 0.29) is 102 Å². The Bertz CT molecular complexity index is 5180. The number of aromatic nitrogens is 4. The van der Waals surface area contributed by atoms with Gasteiger partial charge in [-0.1, -0.05) is 133 Å². The third kappa shape index (κ3) is 29.5. The van der Waals surface area contributed by atoms with E-state index >= 15 is 38.4 Å². The highest BCUT2D eigenvalue weighted by Crippen LogP contribution is 2.32. The largest absolute Gasteiger partial charge is 0.394 e. The fraction of sp³-hybridized carbons (Fsp3) is 0.533. The molecule has 135 heavy (non-hydrogen) atoms. The summed E-state index contributed by atoms with van der Waals surface area (Å²) in [5.41, 5.74) is 18.4. The molecule has 0 radical (unpaired) electrons. The van der Waals surface area contributed by atoms with Gasteiger partial charge >= 0.3 is 0 Å². The number of aliphatic hydroxyl groups excluding tert-OH is 1. The van der Waals surface area contributed by atoms with Crippen LogP contribution < -0.4 is 81.0 Å². The number of guanidine groups is 1. The number of nitrogens with zero attached hydrogens (tertiary/aromatic N) is 5. The molecule has 17 amide bonds. The molecule has 43 heteroatoms. The van der Waals surface area contributed by atoms with Crippen LogP contribution in [0.3, 0.4) is 0 Å². The molecule has 23 N–H and O–H groups in total. The Morgan fingerprint density at radius 3 is 1.70 bits per heavy atom. The molecule has 3 fully saturated rings. The van der Waals surface area contributed by atoms with E-state index in [1.54, 1.807) is 105 Å². The van der Waals surface area contributed by atoms with Crippen molar-refractivity contribution in [2.45, 2.75) is 247 Å². The topological polar surface area (TPSA) is 630 Å². The number of likely N-dealkylation sites (N-methyl/N-ethyl adjacent to an activating group) is 3. The van der Waals surface area contributed by atoms with Crippen LogP contribution in [0.4, 0.5) is 0 Å². The van der Waals surface area contributed by atoms with Crippen LogP contribution in [0.15, 0.2) is 104 Å². The Labute approximate surface area is 786 Å². The number of hydrogen-bond acceptors (Lipinski definition) is 21. The van der Waals surface area contributed by atoms with E-state index in [0.717, 1.165) is 26.5 Å². The number of carbonyl (C=O) groups is 17. The highest BCUT2D eigenvalue weighted by atomic mass is 32.2. The number of rotatable bonds is 26. The fourth-order valence-corrected chi connectivity index (χ4v) is 17.9. The summed E-state index contributed by atoms with van der Waals surface area (Å²) in [6.07, 6.45) is 6.95. The molecule has 0 unspecified atom stereocenters. The van der Waals surface area contributed by atoms with Crippen molar-refractivity contribution in [2.75, 3.05) is 58.9 Å². The van der Waals surface area contributed by atoms with E-state index in [1.807, 2.05) is 13.8 Å². The van der Waals surface area contributed by atoms with Gasteiger partial charge in [-0.2, -0.15) is 0 Å². The lowest BCUT2D eigenvalue weighted by atomic mass is 9.93. The molecule has 0 bridgehead atoms. The van der Waals surface area contributed by atoms with Gasteiger partial charge in [0.1, 0.15) is 84.1 Å². The van der Waals surface area contributed by atoms with E-state index in [2.05, 4.69) is 83.7 Å². The molecule has 9 rings (SSSR count). The molecular weight excluding hydrogens is 1760 g/mol. The standard InChI is InChI=1S/C92H130N24O18S/c1-9-11-31-71-84(128)104-62(30-22-36-98-91(95)96)79(123)110-70(78(122)101-47-75(94)119)49-135-50-76(120)103-66(39-54-24-14-13-15-25-54)86(130)113(6)53(5)77(121)107-68(43-74(93)118)88(132)116-37-23-33-72(116)85(129)106-65(42-57-46-97-51-102-57)81(125)105-63(38-52(3)4)83(127)112-92(34-20-21-35-92)90(134)111-64(40-55-44-99-60-28-18-16-26-58(55)60)80(124)109-69(48-117)82(126)108-67(41-56-45-100-61-29-19-17-27-59(56)61)87(131)115(8)73(32-12-10-2)89(133)114(71)7/h13-19,24-29,44-46,51-53,62-73,99-100,117H,9-12,20-23,30-43,47-50H2,1-8H3,(H2,93,118)(H2,94,119)(H,97,102)(H,101,122)(H,103,120)(H,104,128)(H,105,125)(H,106,129)(H,107,121)(H,108,126)(H,109,124)(H,110,123)(H,111,134)(H,112,127)(H4,95,96,98)/t53-,62-,63-,64-,65-,66-,67-,68-,69-,70-,71-,72-,73-/m0/s1. The molecule has 3 aliphatic rings. The maximum Gasteiger partial charge on any atom is 0.246 e. The number of nitrogens with one attached hydrogen (secondary N) is 16. The van der Waals surface area contributed by atoms with Gasteiger partial charge in [0.15, 0.2) is 5.96 Å². The van der Waals surface area contributed by atoms with Gasteiger partial charge in [-0.15, -0.1) is 11.8 Å². The van der Waals surface area contributed by atoms with Crippen LogP contribution in [0, 0.1) is 11.3 Å². The number of benzene rings is 3. The van der Waals surface area contributed by atoms with Crippen LogP contribution in [0.1, 0.15) is 160 Å². The van der Waals surface area contributed by atoms with Crippen LogP contribution in [-0.2, 0) is 107 Å². The van der Waals surface area contributed by atoms with Crippen LogP contribution >= 0.6 is 11.8 Å². The SMILES string of the molecule is CCCC[C@H]1C(=O)N(C)[C@@H](CCCC)C(=O)N[C@@H](CCCNC(=N)N)C(=O)N[C@H](C(=O)NCC(N)=O)CSCC(=O)N[C@@H](Cc2ccccc2)C(=O)N(C)[C@@H](C)C(=O)N[C@@H](CC(N)=O)C(=O)N2CCC[C@H]2C(=O)N[C@@H](Cc2cnc[nH]2)C(=O)N[C@@H](CC(C)C)C(=O)NC2(CCCC2)C(=O)N[C@@H](Cc2c[nH]c3ccccc23)C(=O)N[C@@H](CO)C(=O)N[C@@H](Cc2c[nH]c3ccccc23)C(=O)N1C. The molecule has 732 valence electrons. The second kappa shape index (κ2) is 50.6. The molecule has 1 aliphatic carbocycles. The molecule has 6 aromatic rings. The van der Waals surface area contributed by atoms with Crippen molar-refractivity contribution in [3.8, 4) is 0 Å². The lowest BCUT2D eigenvalue weighted by Crippen LogP contribution is -2.65. The number of para-hydroxylation sites is 2. The molecule has 2 aliphatic heterocycles. The predicted molar refractivity (Wildman–Crippen MR) is 501 cm³/mol. The van der Waals surface area contributed by atoms with E-state index < -0.39 is 222 Å². The van der Waals surface area contributed by atoms with Gasteiger partial charge in [0.25, 0.3) is 0 Å². The minimum atomic E-state index is -1.85. The number of nitrogens with two attached hydrogens (primary N) is 3. The number of aromatic amines is 3. The number of H-pyrrole nitrogens is 3. The predicted octanol–water partition coefficient (Wildman–Crippen LogP) is -1.17. The lowest BCUT2D eigenvalue weighted by molar-refractivity contribution is -0.149. The van der Waals surface area contributed by atoms with Crippen molar-refractivity contribution in [2.24, 2.45) is 23.1 Å². The number of imidazole rings is 1. The Kier molecular flexibility index (Phi) is 39.4. The van der Waals surface area contributed by atoms with Crippen LogP contribution in [-0.4, -0.2) is 294 Å². The first-order chi connectivity index (χ1) is 64.4. The molecule has 2 saturated heterocycles. The third-order valence-corrected chi connectivity index (χ3v) is 25.7. The average molecular weight is 1890 g/mol. The van der Waals surface area contributed by atoms with E-state index in [0.29, 0.717) is 82.7 Å². The zero-order chi connectivity index (χ0) is 98.3. The fourth-order valence-electron chi connectivity index (χ4n) is 17.0. The summed E-state index contributed by atoms with van der Waals surface area (Å²) in [6.45, 7) is 6.73. The van der Waals surface area contributed by atoms with Crippen molar-refractivity contribution in [1.29, 1.82) is 5.41 Å². The van der Waals surface area contributed by atoms with Gasteiger partial charge in [-0.05, 0) is 99.5 Å². The van der Waals surface area contributed by atoms with Crippen molar-refractivity contribution in [3.05, 3.63) is 126 Å². The number of thioether (sulfide) groups is 1. The lowest BCUT2D eigenvalue weighted by Gasteiger charge is -2.36. The first-order valence-corrected chi connectivity index (χ1v) is 47.0. The van der Waals surface area contributed by atoms with Crippen LogP contribution in [0.5, 0.6) is 0 Å². The zero-order valence-electron chi connectivity index (χ0n) is 77.5. The maximum atomic E-state index is 15.8. The van der Waals surface area contributed by atoms with E-state index in [4.69, 9.17) is 22.6 Å². The number of primary amides is 2. The van der Waals surface area contributed by atoms with Gasteiger partial charge in [-0.25, -0.2) is 4.98 Å². The number of unbranched alkanes of at least 4 members (excludes halogenated alkanes) is 2. The van der Waals surface area contributed by atoms with E-state index in [1.165, 1.54) is 45.5 Å². The summed E-state index contributed by atoms with van der Waals surface area (Å²) in [5.74, 6) is -17.0. The van der Waals surface area contributed by atoms with Gasteiger partial charge < -0.3 is 121 Å². The molecule has 42 nitrogen and oxygen atoms in total. The molecule has 3 aromatic heterocycles. The van der Waals surface area contributed by atoms with Gasteiger partial charge in [0.2, 0.25) is 100 Å². The Hall–Kier alpha value is -13.5. The number of carbonyl (C=O) groups excluding carboxylic acids is 17. The number of hydrogen-bond donors (Lipinski definition) is 20. The Balaban J connectivity index is 1.10. The molecule has 3 aromatic carbocycles. The minimum absolute atomic E-state index is 0.00189. The third-order valence-electron chi connectivity index (χ3n) is 24.6. The molecule has 1 saturated carbocycles. The zero-order valence-corrected chi connectivity index (χ0v) is 78.4. The average Bonchev–Trinajstić information content (AvgIpc) is 1.69. The van der Waals surface area contributed by atoms with Crippen molar-refractivity contribution in [3.63, 3.8) is 0 Å².